The van der Waals surface area contributed by atoms with E-state index in [9.17, 15) is 15.0 Å². The van der Waals surface area contributed by atoms with E-state index < -0.39 is 18.4 Å². The normalized spacial score (nSPS) is 23.7. The van der Waals surface area contributed by atoms with Gasteiger partial charge in [-0.25, -0.2) is 4.79 Å². The van der Waals surface area contributed by atoms with Crippen molar-refractivity contribution in [3.05, 3.63) is 41.6 Å². The third-order valence-electron chi connectivity index (χ3n) is 3.83. The average Bonchev–Trinajstić information content (AvgIpc) is 2.81. The summed E-state index contributed by atoms with van der Waals surface area (Å²) in [6, 6.07) is 8.73. The van der Waals surface area contributed by atoms with E-state index in [0.29, 0.717) is 23.5 Å². The number of carbonyl (C=O) groups excluding carboxylic acids is 1. The lowest BCUT2D eigenvalue weighted by molar-refractivity contribution is 0.0364. The van der Waals surface area contributed by atoms with E-state index in [2.05, 4.69) is 16.2 Å². The lowest BCUT2D eigenvalue weighted by Crippen LogP contribution is -2.41. The highest BCUT2D eigenvalue weighted by Gasteiger charge is 2.37. The summed E-state index contributed by atoms with van der Waals surface area (Å²) in [5.74, 6) is 0. The van der Waals surface area contributed by atoms with E-state index in [1.807, 2.05) is 32.0 Å². The molecule has 1 aromatic rings. The van der Waals surface area contributed by atoms with Crippen molar-refractivity contribution in [2.45, 2.75) is 39.1 Å². The molecule has 0 saturated carbocycles. The van der Waals surface area contributed by atoms with Gasteiger partial charge in [-0.3, -0.25) is 10.3 Å². The van der Waals surface area contributed by atoms with E-state index in [4.69, 9.17) is 0 Å². The number of amides is 2. The van der Waals surface area contributed by atoms with Gasteiger partial charge in [0, 0.05) is 29.5 Å². The Morgan fingerprint density at radius 1 is 1.22 bits per heavy atom. The van der Waals surface area contributed by atoms with Crippen molar-refractivity contribution in [3.8, 4) is 0 Å². The number of aliphatic hydroxyl groups is 2. The van der Waals surface area contributed by atoms with Crippen molar-refractivity contribution in [2.75, 3.05) is 11.9 Å². The minimum absolute atomic E-state index is 0.110. The molecular weight excluding hydrogens is 296 g/mol. The Hall–Kier alpha value is -2.09. The predicted octanol–water partition coefficient (Wildman–Crippen LogP) is 0.990. The molecule has 0 radical (unpaired) electrons. The first-order chi connectivity index (χ1) is 10.9. The van der Waals surface area contributed by atoms with Gasteiger partial charge in [0.15, 0.2) is 0 Å². The van der Waals surface area contributed by atoms with E-state index in [1.165, 1.54) is 0 Å². The van der Waals surface area contributed by atoms with Crippen molar-refractivity contribution < 1.29 is 15.0 Å². The molecule has 5 N–H and O–H groups in total. The zero-order chi connectivity index (χ0) is 17.0. The summed E-state index contributed by atoms with van der Waals surface area (Å²) >= 11 is 0. The lowest BCUT2D eigenvalue weighted by Gasteiger charge is -2.24. The van der Waals surface area contributed by atoms with Gasteiger partial charge in [0.05, 0.1) is 6.10 Å². The number of para-hydroxylation sites is 1. The molecule has 2 atom stereocenters. The van der Waals surface area contributed by atoms with Gasteiger partial charge in [0.1, 0.15) is 6.23 Å². The molecular formula is C16H24N4O3. The van der Waals surface area contributed by atoms with Gasteiger partial charge < -0.3 is 21.0 Å². The second kappa shape index (κ2) is 7.45. The van der Waals surface area contributed by atoms with Gasteiger partial charge in [-0.15, -0.1) is 0 Å². The lowest BCUT2D eigenvalue weighted by atomic mass is 10.1. The van der Waals surface area contributed by atoms with Crippen LogP contribution in [0.1, 0.15) is 20.8 Å². The number of benzene rings is 1. The minimum Gasteiger partial charge on any atom is -0.387 e. The number of aliphatic hydroxyl groups excluding tert-OH is 2. The van der Waals surface area contributed by atoms with Crippen molar-refractivity contribution >= 4 is 11.7 Å². The first kappa shape index (κ1) is 17.3. The van der Waals surface area contributed by atoms with Crippen LogP contribution in [0.15, 0.2) is 41.6 Å². The maximum atomic E-state index is 11.8. The second-order valence-electron chi connectivity index (χ2n) is 5.83. The zero-order valence-electron chi connectivity index (χ0n) is 13.6. The Labute approximate surface area is 136 Å². The van der Waals surface area contributed by atoms with Crippen LogP contribution in [0.2, 0.25) is 0 Å². The number of hydrazine groups is 1. The molecule has 126 valence electrons. The Morgan fingerprint density at radius 2 is 1.87 bits per heavy atom. The van der Waals surface area contributed by atoms with Crippen LogP contribution < -0.4 is 16.2 Å². The van der Waals surface area contributed by atoms with Crippen molar-refractivity contribution in [2.24, 2.45) is 0 Å². The van der Waals surface area contributed by atoms with Crippen molar-refractivity contribution in [3.63, 3.8) is 0 Å². The first-order valence-electron chi connectivity index (χ1n) is 7.60. The fourth-order valence-electron chi connectivity index (χ4n) is 2.59. The standard InChI is InChI=1S/C16H24N4O3/c1-10(2)20-9-13(21)14(15(20)22)11(3)18-19-16(23)17-12-7-5-4-6-8-12/h4-8,10,13,15,18,21-22H,9H2,1-3H3,(H2,17,19,23)/b14-11-. The van der Waals surface area contributed by atoms with Crippen LogP contribution in [0.25, 0.3) is 0 Å². The van der Waals surface area contributed by atoms with Crippen LogP contribution in [0, 0.1) is 0 Å². The summed E-state index contributed by atoms with van der Waals surface area (Å²) in [5, 5.41) is 23.1. The molecule has 1 aliphatic heterocycles. The van der Waals surface area contributed by atoms with E-state index in [-0.39, 0.29) is 6.04 Å². The number of nitrogens with zero attached hydrogens (tertiary/aromatic N) is 1. The molecule has 1 aliphatic rings. The summed E-state index contributed by atoms with van der Waals surface area (Å²) < 4.78 is 0. The Morgan fingerprint density at radius 3 is 2.43 bits per heavy atom. The highest BCUT2D eigenvalue weighted by molar-refractivity contribution is 5.88. The van der Waals surface area contributed by atoms with Crippen LogP contribution in [-0.2, 0) is 0 Å². The van der Waals surface area contributed by atoms with E-state index >= 15 is 0 Å². The number of anilines is 1. The van der Waals surface area contributed by atoms with Crippen LogP contribution >= 0.6 is 0 Å². The molecule has 7 heteroatoms. The number of likely N-dealkylation sites (tertiary alicyclic amines) is 1. The number of urea groups is 1. The fraction of sp³-hybridized carbons (Fsp3) is 0.438. The molecule has 0 bridgehead atoms. The van der Waals surface area contributed by atoms with Crippen LogP contribution in [0.5, 0.6) is 0 Å². The topological polar surface area (TPSA) is 96.9 Å². The quantitative estimate of drug-likeness (QED) is 0.533. The number of hydrogen-bond acceptors (Lipinski definition) is 5. The van der Waals surface area contributed by atoms with Gasteiger partial charge in [-0.2, -0.15) is 0 Å². The van der Waals surface area contributed by atoms with Crippen LogP contribution in [-0.4, -0.2) is 46.1 Å². The van der Waals surface area contributed by atoms with Gasteiger partial charge in [0.25, 0.3) is 0 Å². The van der Waals surface area contributed by atoms with Crippen molar-refractivity contribution in [1.82, 2.24) is 15.8 Å². The number of β-amino-alcohol motifs (C(OH)–C–C–N with tert-alkyl or cyclic N) is 1. The molecule has 2 rings (SSSR count). The van der Waals surface area contributed by atoms with Crippen molar-refractivity contribution in [1.29, 1.82) is 0 Å². The smallest absolute Gasteiger partial charge is 0.337 e. The summed E-state index contributed by atoms with van der Waals surface area (Å²) in [7, 11) is 0. The van der Waals surface area contributed by atoms with Gasteiger partial charge in [-0.1, -0.05) is 18.2 Å². The van der Waals surface area contributed by atoms with E-state index in [1.54, 1.807) is 24.0 Å². The molecule has 1 aromatic carbocycles. The number of nitrogens with one attached hydrogen (secondary N) is 3. The molecule has 0 aliphatic carbocycles. The summed E-state index contributed by atoms with van der Waals surface area (Å²) in [6.45, 7) is 5.97. The van der Waals surface area contributed by atoms with E-state index in [0.717, 1.165) is 0 Å². The van der Waals surface area contributed by atoms with Gasteiger partial charge in [0.2, 0.25) is 0 Å². The number of allylic oxidation sites excluding steroid dienone is 1. The second-order valence-corrected chi connectivity index (χ2v) is 5.83. The Bertz CT molecular complexity index is 574. The monoisotopic (exact) mass is 320 g/mol. The highest BCUT2D eigenvalue weighted by Crippen LogP contribution is 2.26. The Kier molecular flexibility index (Phi) is 5.59. The molecule has 1 fully saturated rings. The average molecular weight is 320 g/mol. The SMILES string of the molecule is C/C(NNC(=O)Nc1ccccc1)=C1\C(O)CN(C(C)C)C1O. The van der Waals surface area contributed by atoms with Crippen LogP contribution in [0.4, 0.5) is 10.5 Å². The maximum Gasteiger partial charge on any atom is 0.337 e. The third kappa shape index (κ3) is 4.22. The molecule has 2 amide bonds. The molecule has 0 spiro atoms. The predicted molar refractivity (Wildman–Crippen MR) is 88.3 cm³/mol. The summed E-state index contributed by atoms with van der Waals surface area (Å²) in [5.41, 5.74) is 6.90. The molecule has 7 nitrogen and oxygen atoms in total. The number of rotatable bonds is 4. The maximum absolute atomic E-state index is 11.8. The minimum atomic E-state index is -0.864. The third-order valence-corrected chi connectivity index (χ3v) is 3.83. The van der Waals surface area contributed by atoms with Gasteiger partial charge in [-0.05, 0) is 32.9 Å². The molecule has 2 unspecified atom stereocenters. The summed E-state index contributed by atoms with van der Waals surface area (Å²) in [4.78, 5) is 13.6. The zero-order valence-corrected chi connectivity index (χ0v) is 13.6. The molecule has 1 saturated heterocycles. The fourth-order valence-corrected chi connectivity index (χ4v) is 2.59. The molecule has 0 aromatic heterocycles. The molecule has 1 heterocycles. The van der Waals surface area contributed by atoms with Gasteiger partial charge >= 0.3 is 6.03 Å². The number of hydrogen-bond donors (Lipinski definition) is 5. The number of carbonyl (C=O) groups is 1. The largest absolute Gasteiger partial charge is 0.387 e. The highest BCUT2D eigenvalue weighted by atomic mass is 16.3. The summed E-state index contributed by atoms with van der Waals surface area (Å²) in [6.07, 6.45) is -1.63. The first-order valence-corrected chi connectivity index (χ1v) is 7.60. The Balaban J connectivity index is 1.95. The van der Waals surface area contributed by atoms with Crippen LogP contribution in [0.3, 0.4) is 0 Å². The molecule has 23 heavy (non-hydrogen) atoms.